The summed E-state index contributed by atoms with van der Waals surface area (Å²) >= 11 is 0. The van der Waals surface area contributed by atoms with Gasteiger partial charge >= 0.3 is 11.9 Å². The average molecular weight is 1160 g/mol. The number of aliphatic hydroxyl groups excluding tert-OH is 1. The van der Waals surface area contributed by atoms with E-state index in [1.165, 1.54) is 148 Å². The van der Waals surface area contributed by atoms with E-state index < -0.39 is 6.10 Å². The number of rotatable bonds is 63. The molecule has 1 N–H and O–H groups in total. The normalized spacial score (nSPS) is 13.2. The van der Waals surface area contributed by atoms with Crippen molar-refractivity contribution in [3.05, 3.63) is 158 Å². The molecule has 0 spiro atoms. The maximum Gasteiger partial charge on any atom is 0.306 e. The van der Waals surface area contributed by atoms with Crippen molar-refractivity contribution in [3.8, 4) is 0 Å². The molecule has 84 heavy (non-hydrogen) atoms. The van der Waals surface area contributed by atoms with Gasteiger partial charge in [-0.2, -0.15) is 0 Å². The highest BCUT2D eigenvalue weighted by molar-refractivity contribution is 5.70. The second-order valence-corrected chi connectivity index (χ2v) is 22.9. The number of unbranched alkanes of at least 4 members (excludes halogenated alkanes) is 29. The number of carbonyl (C=O) groups excluding carboxylic acids is 2. The predicted octanol–water partition coefficient (Wildman–Crippen LogP) is 24.6. The number of carbonyl (C=O) groups is 2. The van der Waals surface area contributed by atoms with E-state index in [4.69, 9.17) is 9.47 Å². The van der Waals surface area contributed by atoms with Crippen molar-refractivity contribution < 1.29 is 24.2 Å². The fraction of sp³-hybridized carbons (Fsp3) is 0.646. The summed E-state index contributed by atoms with van der Waals surface area (Å²) in [6.45, 7) is 4.02. The average Bonchev–Trinajstić information content (AvgIpc) is 3.51. The van der Waals surface area contributed by atoms with Crippen LogP contribution in [0, 0.1) is 0 Å². The number of ether oxygens (including phenoxy) is 2. The van der Waals surface area contributed by atoms with Gasteiger partial charge in [0, 0.05) is 12.8 Å². The van der Waals surface area contributed by atoms with E-state index >= 15 is 0 Å². The monoisotopic (exact) mass is 1160 g/mol. The van der Waals surface area contributed by atoms with Crippen LogP contribution in [0.3, 0.4) is 0 Å². The van der Waals surface area contributed by atoms with Gasteiger partial charge in [0.2, 0.25) is 0 Å². The van der Waals surface area contributed by atoms with Crippen LogP contribution in [0.1, 0.15) is 309 Å². The first-order valence-corrected chi connectivity index (χ1v) is 35.0. The van der Waals surface area contributed by atoms with Crippen molar-refractivity contribution in [1.29, 1.82) is 0 Å². The first-order valence-electron chi connectivity index (χ1n) is 35.0. The van der Waals surface area contributed by atoms with Crippen LogP contribution < -0.4 is 0 Å². The van der Waals surface area contributed by atoms with E-state index in [-0.39, 0.29) is 25.2 Å². The van der Waals surface area contributed by atoms with Gasteiger partial charge in [-0.25, -0.2) is 0 Å². The van der Waals surface area contributed by atoms with Crippen LogP contribution in [0.4, 0.5) is 0 Å². The smallest absolute Gasteiger partial charge is 0.306 e. The lowest BCUT2D eigenvalue weighted by Crippen LogP contribution is -2.28. The molecule has 476 valence electrons. The second kappa shape index (κ2) is 72.8. The maximum absolute atomic E-state index is 12.4. The molecular formula is C79H130O5. The number of allylic oxidation sites excluding steroid dienone is 26. The Morgan fingerprint density at radius 1 is 0.286 bits per heavy atom. The zero-order chi connectivity index (χ0) is 60.5. The Balaban J connectivity index is 3.58. The van der Waals surface area contributed by atoms with Crippen LogP contribution in [-0.4, -0.2) is 36.4 Å². The van der Waals surface area contributed by atoms with Crippen LogP contribution in [0.15, 0.2) is 158 Å². The second-order valence-electron chi connectivity index (χ2n) is 22.9. The molecule has 0 bridgehead atoms. The topological polar surface area (TPSA) is 72.8 Å². The summed E-state index contributed by atoms with van der Waals surface area (Å²) in [4.78, 5) is 24.6. The molecule has 0 aromatic carbocycles. The van der Waals surface area contributed by atoms with Gasteiger partial charge in [0.1, 0.15) is 6.61 Å². The van der Waals surface area contributed by atoms with E-state index in [9.17, 15) is 14.7 Å². The minimum Gasteiger partial charge on any atom is -0.462 e. The van der Waals surface area contributed by atoms with Crippen molar-refractivity contribution in [2.45, 2.75) is 315 Å². The molecule has 0 saturated carbocycles. The Morgan fingerprint density at radius 3 is 0.774 bits per heavy atom. The highest BCUT2D eigenvalue weighted by Gasteiger charge is 2.16. The minimum atomic E-state index is -0.794. The number of esters is 2. The zero-order valence-corrected chi connectivity index (χ0v) is 54.6. The van der Waals surface area contributed by atoms with Crippen LogP contribution in [0.5, 0.6) is 0 Å². The van der Waals surface area contributed by atoms with E-state index in [1.54, 1.807) is 0 Å². The Labute approximate surface area is 520 Å². The number of hydrogen-bond acceptors (Lipinski definition) is 5. The highest BCUT2D eigenvalue weighted by atomic mass is 16.6. The molecule has 0 fully saturated rings. The number of aliphatic hydroxyl groups is 1. The van der Waals surface area contributed by atoms with Gasteiger partial charge in [-0.05, 0) is 128 Å². The van der Waals surface area contributed by atoms with Crippen molar-refractivity contribution >= 4 is 11.9 Å². The summed E-state index contributed by atoms with van der Waals surface area (Å²) in [7, 11) is 0. The van der Waals surface area contributed by atoms with Crippen LogP contribution >= 0.6 is 0 Å². The molecular weight excluding hydrogens is 1030 g/mol. The molecule has 0 radical (unpaired) electrons. The zero-order valence-electron chi connectivity index (χ0n) is 54.6. The first kappa shape index (κ1) is 79.5. The first-order chi connectivity index (χ1) is 41.6. The van der Waals surface area contributed by atoms with Gasteiger partial charge in [-0.15, -0.1) is 0 Å². The summed E-state index contributed by atoms with van der Waals surface area (Å²) in [5, 5.41) is 9.70. The molecule has 0 rings (SSSR count). The standard InChI is InChI=1S/C79H130O5/c1-3-5-7-9-11-13-15-17-19-21-23-25-27-29-31-33-35-36-37-38-39-40-41-42-44-46-48-50-52-54-56-58-60-62-64-66-68-70-72-74-79(82)84-77(75-80)76-83-78(81)73-71-69-67-65-63-61-59-57-55-53-51-49-47-45-43-34-32-30-28-26-24-22-20-18-16-14-12-10-8-6-4-2/h5,7,11,13,16-19,22-25,29,31,35-36,38-39,41-42,46,48,52,54,58,60,77,80H,3-4,6,8-10,12,14-15,20-21,26-28,30,32-34,37,40,43-45,47,49-51,53,55-57,59,61-76H2,1-2H3/b7-5-,13-11-,18-16-,19-17-,24-22-,25-23-,31-29-,36-35-,39-38-,42-41-,48-46-,54-52-,60-58-. The van der Waals surface area contributed by atoms with Crippen molar-refractivity contribution in [2.75, 3.05) is 13.2 Å². The van der Waals surface area contributed by atoms with Crippen LogP contribution in [-0.2, 0) is 19.1 Å². The van der Waals surface area contributed by atoms with Gasteiger partial charge < -0.3 is 14.6 Å². The van der Waals surface area contributed by atoms with Gasteiger partial charge in [-0.3, -0.25) is 9.59 Å². The molecule has 0 aromatic heterocycles. The minimum absolute atomic E-state index is 0.0805. The highest BCUT2D eigenvalue weighted by Crippen LogP contribution is 2.17. The summed E-state index contributed by atoms with van der Waals surface area (Å²) < 4.78 is 10.7. The predicted molar refractivity (Wildman–Crippen MR) is 370 cm³/mol. The molecule has 0 saturated heterocycles. The van der Waals surface area contributed by atoms with Gasteiger partial charge in [0.25, 0.3) is 0 Å². The van der Waals surface area contributed by atoms with Gasteiger partial charge in [0.15, 0.2) is 6.10 Å². The summed E-state index contributed by atoms with van der Waals surface area (Å²) in [5.41, 5.74) is 0. The molecule has 5 nitrogen and oxygen atoms in total. The third-order valence-corrected chi connectivity index (χ3v) is 14.8. The van der Waals surface area contributed by atoms with Crippen LogP contribution in [0.2, 0.25) is 0 Å². The Kier molecular flexibility index (Phi) is 68.9. The molecule has 0 aliphatic rings. The molecule has 5 heteroatoms. The molecule has 0 heterocycles. The van der Waals surface area contributed by atoms with Crippen molar-refractivity contribution in [2.24, 2.45) is 0 Å². The molecule has 1 unspecified atom stereocenters. The van der Waals surface area contributed by atoms with E-state index in [2.05, 4.69) is 172 Å². The third-order valence-electron chi connectivity index (χ3n) is 14.8. The van der Waals surface area contributed by atoms with Crippen LogP contribution in [0.25, 0.3) is 0 Å². The molecule has 0 aromatic rings. The number of hydrogen-bond donors (Lipinski definition) is 1. The molecule has 0 aliphatic heterocycles. The lowest BCUT2D eigenvalue weighted by molar-refractivity contribution is -0.161. The van der Waals surface area contributed by atoms with Crippen molar-refractivity contribution in [1.82, 2.24) is 0 Å². The largest absolute Gasteiger partial charge is 0.462 e. The van der Waals surface area contributed by atoms with Crippen molar-refractivity contribution in [3.63, 3.8) is 0 Å². The van der Waals surface area contributed by atoms with Gasteiger partial charge in [-0.1, -0.05) is 326 Å². The Hall–Kier alpha value is -4.48. The summed E-state index contributed by atoms with van der Waals surface area (Å²) in [6.07, 6.45) is 111. The quantitative estimate of drug-likeness (QED) is 0.0373. The van der Waals surface area contributed by atoms with E-state index in [1.807, 2.05) is 0 Å². The van der Waals surface area contributed by atoms with Gasteiger partial charge in [0.05, 0.1) is 6.61 Å². The summed E-state index contributed by atoms with van der Waals surface area (Å²) in [6, 6.07) is 0. The SMILES string of the molecule is CC/C=C\C/C=C\C/C=C\C/C=C\C/C=C\C/C=C\C/C=C\C/C=C\C/C=C\C/C=C\C/C=C\CCCCCCCC(=O)OC(CO)COC(=O)CCCCCCCCCCCCCCCCCCCCC/C=C\C/C=C\CCCCCCC. The molecule has 1 atom stereocenters. The maximum atomic E-state index is 12.4. The van der Waals surface area contributed by atoms with E-state index in [0.29, 0.717) is 12.8 Å². The molecule has 0 aliphatic carbocycles. The lowest BCUT2D eigenvalue weighted by atomic mass is 10.0. The fourth-order valence-corrected chi connectivity index (χ4v) is 9.59. The van der Waals surface area contributed by atoms with E-state index in [0.717, 1.165) is 135 Å². The fourth-order valence-electron chi connectivity index (χ4n) is 9.59. The third kappa shape index (κ3) is 70.0. The lowest BCUT2D eigenvalue weighted by Gasteiger charge is -2.15. The molecule has 0 amide bonds. The summed E-state index contributed by atoms with van der Waals surface area (Å²) in [5.74, 6) is -0.613. The Morgan fingerprint density at radius 2 is 0.512 bits per heavy atom. The Bertz CT molecular complexity index is 1790.